The molecule has 2 heterocycles. The van der Waals surface area contributed by atoms with E-state index in [0.717, 1.165) is 16.9 Å². The number of hydrogen-bond acceptors (Lipinski definition) is 8. The summed E-state index contributed by atoms with van der Waals surface area (Å²) in [5, 5.41) is 12.7. The molecule has 1 fully saturated rings. The molecule has 3 aromatic rings. The zero-order valence-electron chi connectivity index (χ0n) is 19.7. The van der Waals surface area contributed by atoms with E-state index in [4.69, 9.17) is 19.9 Å². The summed E-state index contributed by atoms with van der Waals surface area (Å²) in [5.74, 6) is 2.51. The van der Waals surface area contributed by atoms with Gasteiger partial charge in [0.2, 0.25) is 5.91 Å². The number of amides is 1. The van der Waals surface area contributed by atoms with Gasteiger partial charge < -0.3 is 19.9 Å². The largest absolute Gasteiger partial charge is 0.497 e. The van der Waals surface area contributed by atoms with Crippen molar-refractivity contribution in [3.63, 3.8) is 0 Å². The standard InChI is InChI=1S/C24H30N6O4/c1-32-18-6-4-16(5-7-18)15-30-24(26-27-28-30)22(29-12-10-17(11-13-29)23(25)31)20-14-19(33-2)8-9-21(20)34-3/h4-9,14,17,22H,10-13,15H2,1-3H3,(H2,25,31)/t22-/m0/s1. The predicted molar refractivity (Wildman–Crippen MR) is 125 cm³/mol. The Balaban J connectivity index is 1.72. The Bertz CT molecular complexity index is 1110. The number of hydrogen-bond donors (Lipinski definition) is 1. The molecule has 1 saturated heterocycles. The summed E-state index contributed by atoms with van der Waals surface area (Å²) in [6, 6.07) is 13.2. The van der Waals surface area contributed by atoms with E-state index in [1.165, 1.54) is 0 Å². The van der Waals surface area contributed by atoms with Crippen molar-refractivity contribution in [1.29, 1.82) is 0 Å². The molecule has 10 heteroatoms. The summed E-state index contributed by atoms with van der Waals surface area (Å²) in [7, 11) is 4.91. The number of carbonyl (C=O) groups excluding carboxylic acids is 1. The number of benzene rings is 2. The Kier molecular flexibility index (Phi) is 7.27. The first-order valence-electron chi connectivity index (χ1n) is 11.2. The molecular weight excluding hydrogens is 436 g/mol. The van der Waals surface area contributed by atoms with Gasteiger partial charge in [-0.05, 0) is 72.3 Å². The molecule has 34 heavy (non-hydrogen) atoms. The number of tetrazole rings is 1. The number of nitrogens with two attached hydrogens (primary N) is 1. The summed E-state index contributed by atoms with van der Waals surface area (Å²) in [4.78, 5) is 14.0. The average molecular weight is 467 g/mol. The van der Waals surface area contributed by atoms with Gasteiger partial charge in [0.05, 0.1) is 27.9 Å². The molecule has 0 radical (unpaired) electrons. The van der Waals surface area contributed by atoms with Gasteiger partial charge in [-0.15, -0.1) is 5.10 Å². The van der Waals surface area contributed by atoms with E-state index < -0.39 is 0 Å². The van der Waals surface area contributed by atoms with Gasteiger partial charge in [0.15, 0.2) is 5.82 Å². The van der Waals surface area contributed by atoms with E-state index in [0.29, 0.717) is 49.8 Å². The lowest BCUT2D eigenvalue weighted by atomic mass is 9.93. The molecule has 1 aromatic heterocycles. The number of aromatic nitrogens is 4. The van der Waals surface area contributed by atoms with E-state index >= 15 is 0 Å². The lowest BCUT2D eigenvalue weighted by Crippen LogP contribution is -2.41. The summed E-state index contributed by atoms with van der Waals surface area (Å²) >= 11 is 0. The van der Waals surface area contributed by atoms with Gasteiger partial charge in [0.1, 0.15) is 23.3 Å². The molecule has 0 unspecified atom stereocenters. The third-order valence-electron chi connectivity index (χ3n) is 6.32. The lowest BCUT2D eigenvalue weighted by Gasteiger charge is -2.36. The molecule has 0 spiro atoms. The Labute approximate surface area is 198 Å². The second kappa shape index (κ2) is 10.5. The maximum Gasteiger partial charge on any atom is 0.220 e. The first-order chi connectivity index (χ1) is 16.5. The zero-order chi connectivity index (χ0) is 24.1. The van der Waals surface area contributed by atoms with E-state index in [-0.39, 0.29) is 17.9 Å². The maximum absolute atomic E-state index is 11.7. The van der Waals surface area contributed by atoms with Crippen LogP contribution in [0.4, 0.5) is 0 Å². The second-order valence-corrected chi connectivity index (χ2v) is 8.27. The van der Waals surface area contributed by atoms with Crippen molar-refractivity contribution >= 4 is 5.91 Å². The SMILES string of the molecule is COc1ccc(Cn2nnnc2[C@H](c2cc(OC)ccc2OC)N2CCC(C(N)=O)CC2)cc1. The number of piperidine rings is 1. The highest BCUT2D eigenvalue weighted by Crippen LogP contribution is 2.38. The fraction of sp³-hybridized carbons (Fsp3) is 0.417. The molecule has 1 atom stereocenters. The van der Waals surface area contributed by atoms with Crippen LogP contribution in [-0.2, 0) is 11.3 Å². The molecule has 0 aliphatic carbocycles. The van der Waals surface area contributed by atoms with Crippen LogP contribution in [0, 0.1) is 5.92 Å². The molecule has 0 bridgehead atoms. The Hall–Kier alpha value is -3.66. The number of likely N-dealkylation sites (tertiary alicyclic amines) is 1. The highest BCUT2D eigenvalue weighted by molar-refractivity contribution is 5.76. The van der Waals surface area contributed by atoms with Crippen LogP contribution in [0.25, 0.3) is 0 Å². The molecule has 1 amide bonds. The first-order valence-corrected chi connectivity index (χ1v) is 11.2. The highest BCUT2D eigenvalue weighted by atomic mass is 16.5. The summed E-state index contributed by atoms with van der Waals surface area (Å²) in [6.07, 6.45) is 1.36. The van der Waals surface area contributed by atoms with E-state index in [9.17, 15) is 4.79 Å². The van der Waals surface area contributed by atoms with Crippen molar-refractivity contribution in [2.45, 2.75) is 25.4 Å². The number of ether oxygens (including phenoxy) is 3. The fourth-order valence-electron chi connectivity index (χ4n) is 4.42. The minimum atomic E-state index is -0.299. The Morgan fingerprint density at radius 3 is 2.32 bits per heavy atom. The average Bonchev–Trinajstić information content (AvgIpc) is 3.32. The number of carbonyl (C=O) groups is 1. The predicted octanol–water partition coefficient (Wildman–Crippen LogP) is 2.03. The summed E-state index contributed by atoms with van der Waals surface area (Å²) in [6.45, 7) is 1.84. The van der Waals surface area contributed by atoms with Gasteiger partial charge >= 0.3 is 0 Å². The van der Waals surface area contributed by atoms with E-state index in [1.807, 2.05) is 42.5 Å². The monoisotopic (exact) mass is 466 g/mol. The molecular formula is C24H30N6O4. The van der Waals surface area contributed by atoms with Crippen molar-refractivity contribution in [1.82, 2.24) is 25.1 Å². The smallest absolute Gasteiger partial charge is 0.220 e. The third kappa shape index (κ3) is 4.96. The van der Waals surface area contributed by atoms with Gasteiger partial charge in [-0.3, -0.25) is 9.69 Å². The van der Waals surface area contributed by atoms with Gasteiger partial charge in [-0.1, -0.05) is 12.1 Å². The van der Waals surface area contributed by atoms with Crippen LogP contribution in [0.2, 0.25) is 0 Å². The topological polar surface area (TPSA) is 118 Å². The second-order valence-electron chi connectivity index (χ2n) is 8.27. The molecule has 4 rings (SSSR count). The number of nitrogens with zero attached hydrogens (tertiary/aromatic N) is 5. The molecule has 2 aromatic carbocycles. The van der Waals surface area contributed by atoms with Gasteiger partial charge in [0.25, 0.3) is 0 Å². The zero-order valence-corrected chi connectivity index (χ0v) is 19.7. The summed E-state index contributed by atoms with van der Waals surface area (Å²) < 4.78 is 18.3. The first kappa shape index (κ1) is 23.5. The number of rotatable bonds is 9. The van der Waals surface area contributed by atoms with Crippen LogP contribution in [0.5, 0.6) is 17.2 Å². The fourth-order valence-corrected chi connectivity index (χ4v) is 4.42. The van der Waals surface area contributed by atoms with Crippen LogP contribution < -0.4 is 19.9 Å². The van der Waals surface area contributed by atoms with Crippen LogP contribution in [-0.4, -0.2) is 65.4 Å². The maximum atomic E-state index is 11.7. The van der Waals surface area contributed by atoms with Crippen molar-refractivity contribution < 1.29 is 19.0 Å². The van der Waals surface area contributed by atoms with Gasteiger partial charge in [-0.2, -0.15) is 0 Å². The van der Waals surface area contributed by atoms with E-state index in [1.54, 1.807) is 26.0 Å². The minimum Gasteiger partial charge on any atom is -0.497 e. The third-order valence-corrected chi connectivity index (χ3v) is 6.32. The van der Waals surface area contributed by atoms with E-state index in [2.05, 4.69) is 20.4 Å². The van der Waals surface area contributed by atoms with Crippen LogP contribution >= 0.6 is 0 Å². The Morgan fingerprint density at radius 2 is 1.71 bits per heavy atom. The van der Waals surface area contributed by atoms with Gasteiger partial charge in [0, 0.05) is 11.5 Å². The minimum absolute atomic E-state index is 0.126. The molecule has 2 N–H and O–H groups in total. The molecule has 0 saturated carbocycles. The van der Waals surface area contributed by atoms with Crippen LogP contribution in [0.1, 0.15) is 35.8 Å². The molecule has 180 valence electrons. The molecule has 10 nitrogen and oxygen atoms in total. The van der Waals surface area contributed by atoms with Crippen LogP contribution in [0.15, 0.2) is 42.5 Å². The molecule has 1 aliphatic heterocycles. The van der Waals surface area contributed by atoms with Crippen molar-refractivity contribution in [3.05, 3.63) is 59.4 Å². The lowest BCUT2D eigenvalue weighted by molar-refractivity contribution is -0.123. The summed E-state index contributed by atoms with van der Waals surface area (Å²) in [5.41, 5.74) is 7.50. The normalized spacial score (nSPS) is 15.6. The Morgan fingerprint density at radius 1 is 1.03 bits per heavy atom. The van der Waals surface area contributed by atoms with Crippen molar-refractivity contribution in [2.24, 2.45) is 11.7 Å². The van der Waals surface area contributed by atoms with Crippen molar-refractivity contribution in [2.75, 3.05) is 34.4 Å². The molecule has 1 aliphatic rings. The number of methoxy groups -OCH3 is 3. The van der Waals surface area contributed by atoms with Gasteiger partial charge in [-0.25, -0.2) is 4.68 Å². The quantitative estimate of drug-likeness (QED) is 0.509. The van der Waals surface area contributed by atoms with Crippen LogP contribution in [0.3, 0.4) is 0 Å². The number of primary amides is 1. The van der Waals surface area contributed by atoms with Crippen molar-refractivity contribution in [3.8, 4) is 17.2 Å². The highest BCUT2D eigenvalue weighted by Gasteiger charge is 2.34.